The van der Waals surface area contributed by atoms with E-state index >= 15 is 0 Å². The molecule has 24 heavy (non-hydrogen) atoms. The molecule has 1 rings (SSSR count). The average Bonchev–Trinajstić information content (AvgIpc) is 2.35. The molecule has 1 aromatic rings. The van der Waals surface area contributed by atoms with Crippen LogP contribution in [0, 0.1) is 18.4 Å². The summed E-state index contributed by atoms with van der Waals surface area (Å²) < 4.78 is 5.22. The number of nitrogens with one attached hydrogen (secondary N) is 1. The van der Waals surface area contributed by atoms with E-state index in [2.05, 4.69) is 36.4 Å². The van der Waals surface area contributed by atoms with Gasteiger partial charge >= 0.3 is 12.1 Å². The summed E-state index contributed by atoms with van der Waals surface area (Å²) in [6, 6.07) is 3.21. The lowest BCUT2D eigenvalue weighted by Crippen LogP contribution is -2.27. The summed E-state index contributed by atoms with van der Waals surface area (Å²) >= 11 is 0. The number of anilines is 1. The van der Waals surface area contributed by atoms with Crippen LogP contribution >= 0.6 is 0 Å². The molecule has 0 saturated heterocycles. The van der Waals surface area contributed by atoms with Gasteiger partial charge in [0.25, 0.3) is 0 Å². The van der Waals surface area contributed by atoms with Gasteiger partial charge in [-0.25, -0.2) is 9.59 Å². The van der Waals surface area contributed by atoms with Gasteiger partial charge in [0.2, 0.25) is 0 Å². The lowest BCUT2D eigenvalue weighted by atomic mass is 10.0. The van der Waals surface area contributed by atoms with Gasteiger partial charge in [-0.15, -0.1) is 5.54 Å². The van der Waals surface area contributed by atoms with Gasteiger partial charge in [0.15, 0.2) is 0 Å². The topological polar surface area (TPSA) is 75.6 Å². The van der Waals surface area contributed by atoms with E-state index in [-0.39, 0.29) is 5.56 Å². The Hall–Kier alpha value is -2.26. The van der Waals surface area contributed by atoms with Crippen LogP contribution in [0.15, 0.2) is 12.1 Å². The fraction of sp³-hybridized carbons (Fsp3) is 0.444. The summed E-state index contributed by atoms with van der Waals surface area (Å²) in [7, 11) is -1.60. The molecule has 0 radical (unpaired) electrons. The van der Waals surface area contributed by atoms with Crippen LogP contribution < -0.4 is 5.32 Å². The Balaban J connectivity index is 3.27. The average molecular weight is 347 g/mol. The molecule has 2 N–H and O–H groups in total. The maximum atomic E-state index is 12.0. The minimum atomic E-state index is -1.60. The van der Waals surface area contributed by atoms with E-state index < -0.39 is 25.7 Å². The van der Waals surface area contributed by atoms with Gasteiger partial charge in [-0.2, -0.15) is 0 Å². The van der Waals surface area contributed by atoms with Crippen LogP contribution in [0.5, 0.6) is 0 Å². The summed E-state index contributed by atoms with van der Waals surface area (Å²) in [4.78, 5) is 23.4. The second kappa shape index (κ2) is 7.10. The molecular weight excluding hydrogens is 322 g/mol. The zero-order chi connectivity index (χ0) is 18.7. The number of hydrogen-bond donors (Lipinski definition) is 2. The van der Waals surface area contributed by atoms with Crippen molar-refractivity contribution in [1.29, 1.82) is 0 Å². The van der Waals surface area contributed by atoms with Crippen molar-refractivity contribution >= 4 is 25.8 Å². The van der Waals surface area contributed by atoms with Gasteiger partial charge in [-0.3, -0.25) is 5.32 Å². The first-order valence-electron chi connectivity index (χ1n) is 7.69. The Morgan fingerprint density at radius 1 is 1.21 bits per heavy atom. The molecule has 1 amide bonds. The van der Waals surface area contributed by atoms with Crippen LogP contribution in [0.3, 0.4) is 0 Å². The molecule has 6 heteroatoms. The minimum absolute atomic E-state index is 0.114. The first-order valence-corrected chi connectivity index (χ1v) is 11.2. The summed E-state index contributed by atoms with van der Waals surface area (Å²) in [6.07, 6.45) is -0.628. The second-order valence-electron chi connectivity index (χ2n) is 7.63. The molecule has 0 aliphatic rings. The quantitative estimate of drug-likeness (QED) is 0.619. The Kier molecular flexibility index (Phi) is 5.85. The van der Waals surface area contributed by atoms with Crippen LogP contribution in [0.4, 0.5) is 10.5 Å². The number of carbonyl (C=O) groups is 2. The van der Waals surface area contributed by atoms with Crippen molar-refractivity contribution in [3.8, 4) is 11.5 Å². The van der Waals surface area contributed by atoms with E-state index in [9.17, 15) is 14.7 Å². The number of rotatable bonds is 2. The van der Waals surface area contributed by atoms with Crippen LogP contribution in [0.1, 0.15) is 42.3 Å². The van der Waals surface area contributed by atoms with Crippen molar-refractivity contribution in [3.63, 3.8) is 0 Å². The van der Waals surface area contributed by atoms with Crippen LogP contribution in [-0.4, -0.2) is 30.8 Å². The normalized spacial score (nSPS) is 11.3. The van der Waals surface area contributed by atoms with Crippen molar-refractivity contribution < 1.29 is 19.4 Å². The molecule has 0 atom stereocenters. The molecule has 0 heterocycles. The van der Waals surface area contributed by atoms with Crippen molar-refractivity contribution in [2.45, 2.75) is 52.9 Å². The predicted octanol–water partition coefficient (Wildman–Crippen LogP) is 4.27. The lowest BCUT2D eigenvalue weighted by molar-refractivity contribution is 0.0632. The molecule has 1 aromatic carbocycles. The van der Waals surface area contributed by atoms with Crippen molar-refractivity contribution in [1.82, 2.24) is 0 Å². The van der Waals surface area contributed by atoms with Gasteiger partial charge in [0.05, 0.1) is 5.56 Å². The third kappa shape index (κ3) is 6.47. The first-order chi connectivity index (χ1) is 10.8. The molecule has 0 saturated carbocycles. The monoisotopic (exact) mass is 347 g/mol. The van der Waals surface area contributed by atoms with E-state index in [1.54, 1.807) is 33.8 Å². The highest BCUT2D eigenvalue weighted by atomic mass is 28.3. The largest absolute Gasteiger partial charge is 0.478 e. The maximum absolute atomic E-state index is 12.0. The van der Waals surface area contributed by atoms with Gasteiger partial charge in [-0.1, -0.05) is 25.6 Å². The SMILES string of the molecule is Cc1c(NC(=O)OC(C)(C)C)cc(C#C[Si](C)(C)C)cc1C(=O)O. The number of hydrogen-bond acceptors (Lipinski definition) is 3. The van der Waals surface area contributed by atoms with Crippen LogP contribution in [-0.2, 0) is 4.74 Å². The number of aromatic carboxylic acids is 1. The van der Waals surface area contributed by atoms with Crippen molar-refractivity contribution in [3.05, 3.63) is 28.8 Å². The van der Waals surface area contributed by atoms with E-state index in [0.717, 1.165) is 0 Å². The highest BCUT2D eigenvalue weighted by Crippen LogP contribution is 2.23. The number of carboxylic acid groups (broad SMARTS) is 1. The Bertz CT molecular complexity index is 715. The van der Waals surface area contributed by atoms with E-state index in [4.69, 9.17) is 4.74 Å². The van der Waals surface area contributed by atoms with Crippen molar-refractivity contribution in [2.24, 2.45) is 0 Å². The van der Waals surface area contributed by atoms with E-state index in [1.807, 2.05) is 0 Å². The molecule has 130 valence electrons. The molecule has 0 spiro atoms. The zero-order valence-electron chi connectivity index (χ0n) is 15.3. The number of carbonyl (C=O) groups excluding carboxylic acids is 1. The molecule has 0 unspecified atom stereocenters. The number of carboxylic acids is 1. The lowest BCUT2D eigenvalue weighted by Gasteiger charge is -2.20. The highest BCUT2D eigenvalue weighted by molar-refractivity contribution is 6.83. The zero-order valence-corrected chi connectivity index (χ0v) is 16.3. The third-order valence-electron chi connectivity index (χ3n) is 2.86. The third-order valence-corrected chi connectivity index (χ3v) is 3.73. The summed E-state index contributed by atoms with van der Waals surface area (Å²) in [5.41, 5.74) is 4.09. The van der Waals surface area contributed by atoms with E-state index in [0.29, 0.717) is 16.8 Å². The molecule has 0 fully saturated rings. The van der Waals surface area contributed by atoms with E-state index in [1.165, 1.54) is 6.07 Å². The molecule has 0 aromatic heterocycles. The van der Waals surface area contributed by atoms with Crippen LogP contribution in [0.25, 0.3) is 0 Å². The molecular formula is C18H25NO4Si. The number of ether oxygens (including phenoxy) is 1. The fourth-order valence-corrected chi connectivity index (χ4v) is 2.33. The Morgan fingerprint density at radius 2 is 1.79 bits per heavy atom. The Labute approximate surface area is 144 Å². The predicted molar refractivity (Wildman–Crippen MR) is 98.2 cm³/mol. The van der Waals surface area contributed by atoms with Gasteiger partial charge < -0.3 is 9.84 Å². The molecule has 5 nitrogen and oxygen atoms in total. The summed E-state index contributed by atoms with van der Waals surface area (Å²) in [5, 5.41) is 12.0. The second-order valence-corrected chi connectivity index (χ2v) is 12.4. The number of benzene rings is 1. The highest BCUT2D eigenvalue weighted by Gasteiger charge is 2.19. The fourth-order valence-electron chi connectivity index (χ4n) is 1.81. The van der Waals surface area contributed by atoms with Crippen LogP contribution in [0.2, 0.25) is 19.6 Å². The molecule has 0 bridgehead atoms. The Morgan fingerprint density at radius 3 is 2.25 bits per heavy atom. The molecule has 0 aliphatic heterocycles. The van der Waals surface area contributed by atoms with Gasteiger partial charge in [0, 0.05) is 11.3 Å². The first kappa shape index (κ1) is 19.8. The van der Waals surface area contributed by atoms with Gasteiger partial charge in [0.1, 0.15) is 13.7 Å². The number of amides is 1. The summed E-state index contributed by atoms with van der Waals surface area (Å²) in [5.74, 6) is 1.97. The van der Waals surface area contributed by atoms with Crippen molar-refractivity contribution in [2.75, 3.05) is 5.32 Å². The van der Waals surface area contributed by atoms with Gasteiger partial charge in [-0.05, 0) is 45.4 Å². The standard InChI is InChI=1S/C18H25NO4Si/c1-12-14(16(20)21)10-13(8-9-24(5,6)7)11-15(12)19-17(22)23-18(2,3)4/h10-11H,1-7H3,(H,19,22)(H,20,21). The minimum Gasteiger partial charge on any atom is -0.478 e. The maximum Gasteiger partial charge on any atom is 0.412 e. The smallest absolute Gasteiger partial charge is 0.412 e. The molecule has 0 aliphatic carbocycles. The summed E-state index contributed by atoms with van der Waals surface area (Å²) in [6.45, 7) is 13.2.